The minimum atomic E-state index is -1.31. The SMILES string of the molecule is CSCC[C@H](NC(=O)[C@H](CCCCN)NC(=O)[C@H](CCCN=C(N)N)NC(C)=O)C(=O)N[C@@H](Cc1ccccc1)C(=O)N[C@@H](Cc1ccccc1)C(=O)N1CCC[C@H]1C(=O)N1CCC[C@H]1C(=O)N[C@@H](Cc1c[nH]c2ccccc12)C(=O)N[C@H](C(N)=O)C(C)C. The normalized spacial score (nSPS) is 17.0. The number of rotatable bonds is 34. The third-order valence-electron chi connectivity index (χ3n) is 15.9. The predicted molar refractivity (Wildman–Crippen MR) is 341 cm³/mol. The Balaban J connectivity index is 1.22. The number of H-pyrrole nitrogens is 1. The maximum Gasteiger partial charge on any atom is 0.246 e. The number of carbonyl (C=O) groups is 10. The molecule has 0 spiro atoms. The zero-order chi connectivity index (χ0) is 64.6. The number of nitrogens with two attached hydrogens (primary N) is 4. The highest BCUT2D eigenvalue weighted by Gasteiger charge is 2.45. The highest BCUT2D eigenvalue weighted by atomic mass is 32.2. The van der Waals surface area contributed by atoms with Crippen LogP contribution in [0.5, 0.6) is 0 Å². The molecule has 482 valence electrons. The van der Waals surface area contributed by atoms with Crippen molar-refractivity contribution < 1.29 is 47.9 Å². The lowest BCUT2D eigenvalue weighted by molar-refractivity contribution is -0.148. The molecule has 9 atom stereocenters. The van der Waals surface area contributed by atoms with Crippen molar-refractivity contribution in [2.45, 2.75) is 159 Å². The van der Waals surface area contributed by atoms with Crippen LogP contribution in [0.15, 0.2) is 96.1 Å². The van der Waals surface area contributed by atoms with Crippen LogP contribution in [-0.2, 0) is 67.2 Å². The van der Waals surface area contributed by atoms with E-state index in [1.807, 2.05) is 36.6 Å². The van der Waals surface area contributed by atoms with Crippen LogP contribution in [0.4, 0.5) is 0 Å². The van der Waals surface area contributed by atoms with Gasteiger partial charge in [-0.25, -0.2) is 0 Å². The summed E-state index contributed by atoms with van der Waals surface area (Å²) in [6.45, 7) is 5.61. The van der Waals surface area contributed by atoms with Gasteiger partial charge in [-0.05, 0) is 111 Å². The molecule has 4 aromatic rings. The van der Waals surface area contributed by atoms with Crippen LogP contribution >= 0.6 is 11.8 Å². The average molecular weight is 1250 g/mol. The minimum absolute atomic E-state index is 0.000391. The van der Waals surface area contributed by atoms with Gasteiger partial charge >= 0.3 is 0 Å². The highest BCUT2D eigenvalue weighted by molar-refractivity contribution is 7.98. The number of hydrogen-bond acceptors (Lipinski definition) is 13. The quantitative estimate of drug-likeness (QED) is 0.0174. The number of primary amides is 1. The Morgan fingerprint density at radius 2 is 1.11 bits per heavy atom. The van der Waals surface area contributed by atoms with Gasteiger partial charge in [0.15, 0.2) is 5.96 Å². The number of unbranched alkanes of at least 4 members (excludes halogenated alkanes) is 1. The van der Waals surface area contributed by atoms with Crippen LogP contribution in [0.25, 0.3) is 10.9 Å². The van der Waals surface area contributed by atoms with Gasteiger partial charge in [0.2, 0.25) is 59.1 Å². The van der Waals surface area contributed by atoms with Gasteiger partial charge in [0.05, 0.1) is 0 Å². The number of para-hydroxylation sites is 1. The van der Waals surface area contributed by atoms with Crippen LogP contribution in [0, 0.1) is 5.92 Å². The van der Waals surface area contributed by atoms with E-state index in [-0.39, 0.29) is 82.9 Å². The molecule has 25 nitrogen and oxygen atoms in total. The Kier molecular flexibility index (Phi) is 27.3. The molecule has 3 heterocycles. The first kappa shape index (κ1) is 69.6. The van der Waals surface area contributed by atoms with E-state index in [0.717, 1.165) is 16.5 Å². The highest BCUT2D eigenvalue weighted by Crippen LogP contribution is 2.27. The molecule has 1 aromatic heterocycles. The number of amides is 10. The second kappa shape index (κ2) is 34.9. The van der Waals surface area contributed by atoms with Crippen molar-refractivity contribution in [2.75, 3.05) is 38.2 Å². The molecule has 6 rings (SSSR count). The third-order valence-corrected chi connectivity index (χ3v) is 16.6. The molecule has 0 bridgehead atoms. The smallest absolute Gasteiger partial charge is 0.246 e. The van der Waals surface area contributed by atoms with Crippen molar-refractivity contribution in [3.8, 4) is 0 Å². The maximum atomic E-state index is 15.2. The molecule has 10 amide bonds. The molecule has 0 radical (unpaired) electrons. The molecule has 0 unspecified atom stereocenters. The molecule has 0 saturated carbocycles. The number of guanidine groups is 1. The summed E-state index contributed by atoms with van der Waals surface area (Å²) < 4.78 is 0. The van der Waals surface area contributed by atoms with E-state index in [1.165, 1.54) is 28.5 Å². The minimum Gasteiger partial charge on any atom is -0.370 e. The van der Waals surface area contributed by atoms with Crippen molar-refractivity contribution in [1.82, 2.24) is 52.0 Å². The van der Waals surface area contributed by atoms with E-state index >= 15 is 9.59 Å². The van der Waals surface area contributed by atoms with Crippen molar-refractivity contribution in [1.29, 1.82) is 0 Å². The summed E-state index contributed by atoms with van der Waals surface area (Å²) in [6.07, 6.45) is 6.75. The van der Waals surface area contributed by atoms with E-state index in [0.29, 0.717) is 55.5 Å². The van der Waals surface area contributed by atoms with Gasteiger partial charge in [0.1, 0.15) is 54.4 Å². The number of aromatic amines is 1. The zero-order valence-corrected chi connectivity index (χ0v) is 52.1. The number of benzene rings is 3. The number of aliphatic imine (C=N–C) groups is 1. The van der Waals surface area contributed by atoms with Crippen molar-refractivity contribution in [3.63, 3.8) is 0 Å². The lowest BCUT2D eigenvalue weighted by Crippen LogP contribution is -2.61. The standard InChI is InChI=1S/C63H89N15O10S/c1-38(2)53(54(65)80)76-59(85)49(36-42-37-69-44-23-12-11-22-43(42)44)74-60(86)51-26-16-31-77(51)62(88)52-27-17-32-78(52)61(87)50(35-41-20-9-6-10-21-41)75-58(84)48(34-40-18-7-5-8-19-40)73-57(83)47(28-33-89-4)72-56(82)46(24-13-14-29-64)71-55(81)45(70-39(3)79)25-15-30-68-63(66)67/h5-12,18-23,37-38,45-53,69H,13-17,24-36,64H2,1-4H3,(H2,65,80)(H,70,79)(H,71,81)(H,72,82)(H,73,83)(H,74,86)(H,75,84)(H,76,85)(H4,66,67,68)/t45-,46-,47-,48-,49-,50-,51-,52-,53-/m0/s1. The van der Waals surface area contributed by atoms with Crippen molar-refractivity contribution in [3.05, 3.63) is 108 Å². The van der Waals surface area contributed by atoms with Gasteiger partial charge in [-0.2, -0.15) is 11.8 Å². The van der Waals surface area contributed by atoms with E-state index in [4.69, 9.17) is 22.9 Å². The Morgan fingerprint density at radius 3 is 1.71 bits per heavy atom. The lowest BCUT2D eigenvalue weighted by Gasteiger charge is -2.34. The third kappa shape index (κ3) is 20.8. The first-order valence-electron chi connectivity index (χ1n) is 30.6. The second-order valence-corrected chi connectivity index (χ2v) is 24.0. The van der Waals surface area contributed by atoms with E-state index < -0.39 is 113 Å². The molecule has 89 heavy (non-hydrogen) atoms. The Morgan fingerprint density at radius 1 is 0.596 bits per heavy atom. The summed E-state index contributed by atoms with van der Waals surface area (Å²) in [5.41, 5.74) is 25.3. The molecule has 3 aromatic carbocycles. The molecule has 26 heteroatoms. The van der Waals surface area contributed by atoms with Gasteiger partial charge < -0.3 is 74.9 Å². The summed E-state index contributed by atoms with van der Waals surface area (Å²) in [4.78, 5) is 151. The molecule has 16 N–H and O–H groups in total. The molecular weight excluding hydrogens is 1160 g/mol. The van der Waals surface area contributed by atoms with Gasteiger partial charge in [-0.15, -0.1) is 0 Å². The summed E-state index contributed by atoms with van der Waals surface area (Å²) in [7, 11) is 0. The van der Waals surface area contributed by atoms with Gasteiger partial charge in [-0.1, -0.05) is 92.7 Å². The summed E-state index contributed by atoms with van der Waals surface area (Å²) in [5, 5.41) is 20.5. The van der Waals surface area contributed by atoms with Crippen LogP contribution in [0.3, 0.4) is 0 Å². The van der Waals surface area contributed by atoms with Crippen LogP contribution in [0.2, 0.25) is 0 Å². The number of carbonyl (C=O) groups excluding carboxylic acids is 10. The zero-order valence-electron chi connectivity index (χ0n) is 51.3. The van der Waals surface area contributed by atoms with Gasteiger partial charge in [-0.3, -0.25) is 52.9 Å². The topological polar surface area (TPSA) is 394 Å². The Hall–Kier alpha value is -8.52. The summed E-state index contributed by atoms with van der Waals surface area (Å²) >= 11 is 1.42. The van der Waals surface area contributed by atoms with Crippen LogP contribution in [0.1, 0.15) is 102 Å². The number of likely N-dealkylation sites (tertiary alicyclic amines) is 2. The molecular formula is C63H89N15O10S. The first-order valence-corrected chi connectivity index (χ1v) is 32.0. The number of nitrogens with one attached hydrogen (secondary N) is 8. The van der Waals surface area contributed by atoms with Crippen molar-refractivity contribution >= 4 is 87.7 Å². The first-order chi connectivity index (χ1) is 42.7. The van der Waals surface area contributed by atoms with E-state index in [1.54, 1.807) is 74.6 Å². The van der Waals surface area contributed by atoms with Gasteiger partial charge in [0, 0.05) is 62.9 Å². The fourth-order valence-electron chi connectivity index (χ4n) is 11.3. The second-order valence-electron chi connectivity index (χ2n) is 23.0. The predicted octanol–water partition coefficient (Wildman–Crippen LogP) is 0.668. The monoisotopic (exact) mass is 1250 g/mol. The molecule has 2 aliphatic heterocycles. The molecule has 2 aliphatic rings. The van der Waals surface area contributed by atoms with Crippen LogP contribution < -0.4 is 60.2 Å². The van der Waals surface area contributed by atoms with Gasteiger partial charge in [0.25, 0.3) is 0 Å². The number of aromatic nitrogens is 1. The number of hydrogen-bond donors (Lipinski definition) is 12. The molecule has 2 fully saturated rings. The number of nitrogens with zero attached hydrogens (tertiary/aromatic N) is 3. The van der Waals surface area contributed by atoms with Crippen LogP contribution in [-0.4, -0.2) is 172 Å². The largest absolute Gasteiger partial charge is 0.370 e. The lowest BCUT2D eigenvalue weighted by atomic mass is 10.0. The van der Waals surface area contributed by atoms with E-state index in [2.05, 4.69) is 47.2 Å². The Bertz CT molecular complexity index is 3090. The van der Waals surface area contributed by atoms with E-state index in [9.17, 15) is 38.4 Å². The van der Waals surface area contributed by atoms with Crippen molar-refractivity contribution in [2.24, 2.45) is 33.8 Å². The fourth-order valence-corrected chi connectivity index (χ4v) is 11.8. The average Bonchev–Trinajstić information content (AvgIpc) is 2.06. The fraction of sp³-hybridized carbons (Fsp3) is 0.508. The number of fused-ring (bicyclic) bond motifs is 1. The molecule has 0 aliphatic carbocycles. The number of thioether (sulfide) groups is 1. The molecule has 2 saturated heterocycles. The summed E-state index contributed by atoms with van der Waals surface area (Å²) in [5.74, 6) is -6.27. The Labute approximate surface area is 523 Å². The maximum absolute atomic E-state index is 15.2. The summed E-state index contributed by atoms with van der Waals surface area (Å²) in [6, 6.07) is 15.2.